The average molecular weight is 242 g/mol. The first-order valence-electron chi connectivity index (χ1n) is 4.55. The minimum Gasteiger partial charge on any atom is -0.387 e. The summed E-state index contributed by atoms with van der Waals surface area (Å²) in [5.74, 6) is -1.30. The fraction of sp³-hybridized carbons (Fsp3) is 0.200. The lowest BCUT2D eigenvalue weighted by atomic mass is 10.1. The van der Waals surface area contributed by atoms with Crippen LogP contribution in [-0.2, 0) is 6.42 Å². The minimum atomic E-state index is -0.832. The van der Waals surface area contributed by atoms with Crippen LogP contribution in [0.4, 0.5) is 8.78 Å². The van der Waals surface area contributed by atoms with Gasteiger partial charge in [0.05, 0.1) is 17.2 Å². The van der Waals surface area contributed by atoms with Gasteiger partial charge in [-0.1, -0.05) is 4.49 Å². The summed E-state index contributed by atoms with van der Waals surface area (Å²) in [5, 5.41) is 13.3. The smallest absolute Gasteiger partial charge is 0.126 e. The zero-order valence-electron chi connectivity index (χ0n) is 8.10. The van der Waals surface area contributed by atoms with E-state index in [1.165, 1.54) is 18.3 Å². The predicted octanol–water partition coefficient (Wildman–Crippen LogP) is 2.09. The summed E-state index contributed by atoms with van der Waals surface area (Å²) < 4.78 is 29.4. The van der Waals surface area contributed by atoms with Crippen LogP contribution in [0.3, 0.4) is 0 Å². The molecule has 1 heterocycles. The highest BCUT2D eigenvalue weighted by Crippen LogP contribution is 2.21. The molecule has 0 aliphatic carbocycles. The maximum Gasteiger partial charge on any atom is 0.126 e. The van der Waals surface area contributed by atoms with Crippen LogP contribution in [0, 0.1) is 11.6 Å². The molecular formula is C10H8F2N2OS. The lowest BCUT2D eigenvalue weighted by molar-refractivity contribution is 0.182. The fourth-order valence-electron chi connectivity index (χ4n) is 1.37. The van der Waals surface area contributed by atoms with Crippen molar-refractivity contribution in [3.63, 3.8) is 0 Å². The number of halogens is 2. The van der Waals surface area contributed by atoms with Crippen LogP contribution in [0.15, 0.2) is 24.4 Å². The van der Waals surface area contributed by atoms with Gasteiger partial charge in [-0.25, -0.2) is 8.78 Å². The van der Waals surface area contributed by atoms with Gasteiger partial charge >= 0.3 is 0 Å². The van der Waals surface area contributed by atoms with Crippen molar-refractivity contribution in [3.8, 4) is 0 Å². The van der Waals surface area contributed by atoms with E-state index in [4.69, 9.17) is 0 Å². The normalized spacial score (nSPS) is 12.7. The summed E-state index contributed by atoms with van der Waals surface area (Å²) in [6.07, 6.45) is 0.741. The van der Waals surface area contributed by atoms with Crippen molar-refractivity contribution in [3.05, 3.63) is 46.5 Å². The average Bonchev–Trinajstić information content (AvgIpc) is 2.68. The second kappa shape index (κ2) is 4.63. The standard InChI is InChI=1S/C10H8F2N2OS/c11-7-1-6(2-8(12)4-7)3-9(15)10-5-13-14-16-10/h1-2,4-5,9,15H,3H2. The summed E-state index contributed by atoms with van der Waals surface area (Å²) in [5.41, 5.74) is 0.401. The summed E-state index contributed by atoms with van der Waals surface area (Å²) in [6, 6.07) is 3.19. The van der Waals surface area contributed by atoms with Gasteiger partial charge in [0, 0.05) is 12.5 Å². The van der Waals surface area contributed by atoms with E-state index in [1.807, 2.05) is 0 Å². The van der Waals surface area contributed by atoms with Crippen molar-refractivity contribution in [1.29, 1.82) is 0 Å². The van der Waals surface area contributed by atoms with E-state index < -0.39 is 17.7 Å². The van der Waals surface area contributed by atoms with E-state index in [2.05, 4.69) is 9.59 Å². The van der Waals surface area contributed by atoms with E-state index in [0.29, 0.717) is 10.4 Å². The molecule has 0 saturated carbocycles. The molecule has 0 saturated heterocycles. The zero-order chi connectivity index (χ0) is 11.5. The quantitative estimate of drug-likeness (QED) is 0.896. The topological polar surface area (TPSA) is 46.0 Å². The summed E-state index contributed by atoms with van der Waals surface area (Å²) in [4.78, 5) is 0.574. The molecule has 84 valence electrons. The van der Waals surface area contributed by atoms with Gasteiger partial charge in [-0.3, -0.25) is 0 Å². The van der Waals surface area contributed by atoms with Gasteiger partial charge < -0.3 is 5.11 Å². The Bertz CT molecular complexity index is 455. The monoisotopic (exact) mass is 242 g/mol. The van der Waals surface area contributed by atoms with Crippen LogP contribution >= 0.6 is 11.5 Å². The van der Waals surface area contributed by atoms with E-state index in [-0.39, 0.29) is 6.42 Å². The van der Waals surface area contributed by atoms with Crippen LogP contribution in [-0.4, -0.2) is 14.7 Å². The molecule has 2 aromatic rings. The van der Waals surface area contributed by atoms with Crippen molar-refractivity contribution < 1.29 is 13.9 Å². The molecule has 0 amide bonds. The number of hydrogen-bond donors (Lipinski definition) is 1. The Labute approximate surface area is 94.5 Å². The molecule has 1 unspecified atom stereocenters. The van der Waals surface area contributed by atoms with E-state index in [0.717, 1.165) is 17.6 Å². The van der Waals surface area contributed by atoms with E-state index >= 15 is 0 Å². The van der Waals surface area contributed by atoms with Crippen molar-refractivity contribution in [2.24, 2.45) is 0 Å². The molecule has 1 aromatic heterocycles. The Morgan fingerprint density at radius 3 is 2.50 bits per heavy atom. The second-order valence-electron chi connectivity index (χ2n) is 3.32. The van der Waals surface area contributed by atoms with Gasteiger partial charge in [0.15, 0.2) is 0 Å². The second-order valence-corrected chi connectivity index (χ2v) is 4.13. The van der Waals surface area contributed by atoms with Gasteiger partial charge in [-0.05, 0) is 29.2 Å². The first-order valence-corrected chi connectivity index (χ1v) is 5.33. The first kappa shape index (κ1) is 11.1. The lowest BCUT2D eigenvalue weighted by Gasteiger charge is -2.07. The maximum atomic E-state index is 12.9. The van der Waals surface area contributed by atoms with Crippen molar-refractivity contribution in [2.45, 2.75) is 12.5 Å². The summed E-state index contributed by atoms with van der Waals surface area (Å²) in [7, 11) is 0. The largest absolute Gasteiger partial charge is 0.387 e. The molecule has 0 radical (unpaired) electrons. The zero-order valence-corrected chi connectivity index (χ0v) is 8.92. The number of benzene rings is 1. The molecule has 0 fully saturated rings. The number of aromatic nitrogens is 2. The molecule has 1 N–H and O–H groups in total. The molecule has 2 rings (SSSR count). The molecule has 1 atom stereocenters. The Balaban J connectivity index is 2.15. The van der Waals surface area contributed by atoms with Crippen LogP contribution in [0.2, 0.25) is 0 Å². The molecular weight excluding hydrogens is 234 g/mol. The third kappa shape index (κ3) is 2.59. The SMILES string of the molecule is OC(Cc1cc(F)cc(F)c1)c1cnns1. The Morgan fingerprint density at radius 2 is 1.94 bits per heavy atom. The fourth-order valence-corrected chi connectivity index (χ4v) is 1.86. The Hall–Kier alpha value is -1.40. The number of aliphatic hydroxyl groups excluding tert-OH is 1. The van der Waals surface area contributed by atoms with Crippen LogP contribution in [0.5, 0.6) is 0 Å². The van der Waals surface area contributed by atoms with Crippen molar-refractivity contribution in [1.82, 2.24) is 9.59 Å². The Morgan fingerprint density at radius 1 is 1.25 bits per heavy atom. The molecule has 1 aromatic carbocycles. The van der Waals surface area contributed by atoms with Crippen LogP contribution in [0.1, 0.15) is 16.5 Å². The highest BCUT2D eigenvalue weighted by Gasteiger charge is 2.12. The van der Waals surface area contributed by atoms with Crippen molar-refractivity contribution in [2.75, 3.05) is 0 Å². The summed E-state index contributed by atoms with van der Waals surface area (Å²) >= 11 is 1.06. The lowest BCUT2D eigenvalue weighted by Crippen LogP contribution is -2.00. The number of aliphatic hydroxyl groups is 1. The third-order valence-corrected chi connectivity index (χ3v) is 2.82. The molecule has 16 heavy (non-hydrogen) atoms. The number of hydrogen-bond acceptors (Lipinski definition) is 4. The van der Waals surface area contributed by atoms with Crippen LogP contribution < -0.4 is 0 Å². The number of rotatable bonds is 3. The third-order valence-electron chi connectivity index (χ3n) is 2.06. The van der Waals surface area contributed by atoms with Gasteiger partial charge in [-0.2, -0.15) is 0 Å². The Kier molecular flexibility index (Phi) is 3.21. The van der Waals surface area contributed by atoms with Crippen LogP contribution in [0.25, 0.3) is 0 Å². The molecule has 0 spiro atoms. The predicted molar refractivity (Wildman–Crippen MR) is 54.9 cm³/mol. The van der Waals surface area contributed by atoms with E-state index in [1.54, 1.807) is 0 Å². The first-order chi connectivity index (χ1) is 7.65. The van der Waals surface area contributed by atoms with E-state index in [9.17, 15) is 13.9 Å². The van der Waals surface area contributed by atoms with Gasteiger partial charge in [0.2, 0.25) is 0 Å². The molecule has 3 nitrogen and oxygen atoms in total. The molecule has 0 bridgehead atoms. The molecule has 0 aliphatic rings. The maximum absolute atomic E-state index is 12.9. The highest BCUT2D eigenvalue weighted by molar-refractivity contribution is 7.05. The molecule has 0 aliphatic heterocycles. The van der Waals surface area contributed by atoms with Gasteiger partial charge in [-0.15, -0.1) is 5.10 Å². The minimum absolute atomic E-state index is 0.137. The van der Waals surface area contributed by atoms with Gasteiger partial charge in [0.1, 0.15) is 11.6 Å². The highest BCUT2D eigenvalue weighted by atomic mass is 32.1. The number of nitrogens with zero attached hydrogens (tertiary/aromatic N) is 2. The molecule has 6 heteroatoms. The summed E-state index contributed by atoms with van der Waals surface area (Å²) in [6.45, 7) is 0. The van der Waals surface area contributed by atoms with Crippen molar-refractivity contribution >= 4 is 11.5 Å². The van der Waals surface area contributed by atoms with Gasteiger partial charge in [0.25, 0.3) is 0 Å².